The standard InChI is InChI=1S/C17H28N4O3/c1-6-18-17(20-12-16(22)21(3)4)19-11-13(2)24-15-9-7-14(23-5)8-10-15/h7-10,13H,6,11-12H2,1-5H3,(H2,18,19,20). The van der Waals surface area contributed by atoms with Gasteiger partial charge in [-0.05, 0) is 38.1 Å². The first kappa shape index (κ1) is 19.6. The number of ether oxygens (including phenoxy) is 2. The van der Waals surface area contributed by atoms with Gasteiger partial charge in [-0.3, -0.25) is 4.79 Å². The van der Waals surface area contributed by atoms with Crippen LogP contribution in [0.3, 0.4) is 0 Å². The molecule has 0 radical (unpaired) electrons. The molecule has 24 heavy (non-hydrogen) atoms. The normalized spacial score (nSPS) is 12.3. The van der Waals surface area contributed by atoms with E-state index in [4.69, 9.17) is 9.47 Å². The first-order valence-corrected chi connectivity index (χ1v) is 7.99. The van der Waals surface area contributed by atoms with E-state index >= 15 is 0 Å². The van der Waals surface area contributed by atoms with Crippen molar-refractivity contribution < 1.29 is 14.3 Å². The van der Waals surface area contributed by atoms with Crippen molar-refractivity contribution in [1.82, 2.24) is 15.5 Å². The van der Waals surface area contributed by atoms with Gasteiger partial charge >= 0.3 is 0 Å². The molecule has 0 saturated heterocycles. The van der Waals surface area contributed by atoms with Gasteiger partial charge in [-0.25, -0.2) is 4.99 Å². The molecule has 7 nitrogen and oxygen atoms in total. The number of amides is 1. The maximum absolute atomic E-state index is 11.6. The molecular weight excluding hydrogens is 308 g/mol. The Kier molecular flexibility index (Phi) is 8.46. The van der Waals surface area contributed by atoms with Gasteiger partial charge in [-0.1, -0.05) is 0 Å². The molecule has 7 heteroatoms. The average Bonchev–Trinajstić information content (AvgIpc) is 2.57. The van der Waals surface area contributed by atoms with E-state index < -0.39 is 0 Å². The van der Waals surface area contributed by atoms with E-state index in [0.717, 1.165) is 18.0 Å². The number of carbonyl (C=O) groups is 1. The van der Waals surface area contributed by atoms with E-state index in [0.29, 0.717) is 12.5 Å². The van der Waals surface area contributed by atoms with Crippen LogP contribution in [0.5, 0.6) is 11.5 Å². The molecule has 1 rings (SSSR count). The molecule has 1 atom stereocenters. The Balaban J connectivity index is 2.49. The smallest absolute Gasteiger partial charge is 0.243 e. The minimum absolute atomic E-state index is 0.0465. The molecule has 0 bridgehead atoms. The van der Waals surface area contributed by atoms with Crippen molar-refractivity contribution in [2.24, 2.45) is 4.99 Å². The Bertz CT molecular complexity index is 529. The molecular formula is C17H28N4O3. The van der Waals surface area contributed by atoms with Gasteiger partial charge in [0, 0.05) is 20.6 Å². The molecule has 0 aliphatic heterocycles. The van der Waals surface area contributed by atoms with Crippen molar-refractivity contribution in [2.45, 2.75) is 20.0 Å². The van der Waals surface area contributed by atoms with Crippen molar-refractivity contribution in [1.29, 1.82) is 0 Å². The first-order valence-electron chi connectivity index (χ1n) is 7.99. The van der Waals surface area contributed by atoms with Crippen molar-refractivity contribution in [3.63, 3.8) is 0 Å². The van der Waals surface area contributed by atoms with Crippen molar-refractivity contribution in [2.75, 3.05) is 40.8 Å². The SMILES string of the molecule is CCNC(=NCC(=O)N(C)C)NCC(C)Oc1ccc(OC)cc1. The molecule has 1 amide bonds. The largest absolute Gasteiger partial charge is 0.497 e. The van der Waals surface area contributed by atoms with Crippen LogP contribution in [0, 0.1) is 0 Å². The highest BCUT2D eigenvalue weighted by atomic mass is 16.5. The third-order valence-corrected chi connectivity index (χ3v) is 3.17. The number of hydrogen-bond donors (Lipinski definition) is 2. The molecule has 0 spiro atoms. The van der Waals surface area contributed by atoms with E-state index in [9.17, 15) is 4.79 Å². The number of rotatable bonds is 8. The Labute approximate surface area is 144 Å². The summed E-state index contributed by atoms with van der Waals surface area (Å²) in [6, 6.07) is 7.44. The van der Waals surface area contributed by atoms with E-state index in [1.165, 1.54) is 4.90 Å². The summed E-state index contributed by atoms with van der Waals surface area (Å²) < 4.78 is 11.0. The minimum atomic E-state index is -0.0631. The van der Waals surface area contributed by atoms with Crippen LogP contribution in [-0.2, 0) is 4.79 Å². The van der Waals surface area contributed by atoms with Gasteiger partial charge in [0.2, 0.25) is 5.91 Å². The van der Waals surface area contributed by atoms with Crippen LogP contribution in [0.25, 0.3) is 0 Å². The number of methoxy groups -OCH3 is 1. The molecule has 0 aliphatic rings. The number of guanidine groups is 1. The van der Waals surface area contributed by atoms with E-state index in [1.54, 1.807) is 21.2 Å². The van der Waals surface area contributed by atoms with Gasteiger partial charge in [0.1, 0.15) is 24.1 Å². The average molecular weight is 336 g/mol. The summed E-state index contributed by atoms with van der Waals surface area (Å²) in [6.07, 6.45) is -0.0631. The topological polar surface area (TPSA) is 75.2 Å². The molecule has 0 aliphatic carbocycles. The van der Waals surface area contributed by atoms with Crippen molar-refractivity contribution >= 4 is 11.9 Å². The highest BCUT2D eigenvalue weighted by Gasteiger charge is 2.07. The van der Waals surface area contributed by atoms with Crippen molar-refractivity contribution in [3.8, 4) is 11.5 Å². The lowest BCUT2D eigenvalue weighted by Crippen LogP contribution is -2.42. The third kappa shape index (κ3) is 7.21. The molecule has 1 aromatic carbocycles. The second-order valence-electron chi connectivity index (χ2n) is 5.47. The van der Waals surface area contributed by atoms with E-state index in [2.05, 4.69) is 15.6 Å². The number of carbonyl (C=O) groups excluding carboxylic acids is 1. The number of likely N-dealkylation sites (N-methyl/N-ethyl adjacent to an activating group) is 1. The Morgan fingerprint density at radius 3 is 2.38 bits per heavy atom. The molecule has 0 saturated carbocycles. The minimum Gasteiger partial charge on any atom is -0.497 e. The summed E-state index contributed by atoms with van der Waals surface area (Å²) in [6.45, 7) is 5.33. The van der Waals surface area contributed by atoms with Gasteiger partial charge in [-0.15, -0.1) is 0 Å². The summed E-state index contributed by atoms with van der Waals surface area (Å²) >= 11 is 0. The molecule has 0 fully saturated rings. The fourth-order valence-corrected chi connectivity index (χ4v) is 1.80. The van der Waals surface area contributed by atoms with E-state index in [1.807, 2.05) is 38.1 Å². The second-order valence-corrected chi connectivity index (χ2v) is 5.47. The number of nitrogens with one attached hydrogen (secondary N) is 2. The summed E-state index contributed by atoms with van der Waals surface area (Å²) in [4.78, 5) is 17.4. The fraction of sp³-hybridized carbons (Fsp3) is 0.529. The Morgan fingerprint density at radius 2 is 1.83 bits per heavy atom. The lowest BCUT2D eigenvalue weighted by atomic mass is 10.3. The fourth-order valence-electron chi connectivity index (χ4n) is 1.80. The van der Waals surface area contributed by atoms with Crippen LogP contribution < -0.4 is 20.1 Å². The first-order chi connectivity index (χ1) is 11.5. The maximum atomic E-state index is 11.6. The summed E-state index contributed by atoms with van der Waals surface area (Å²) in [5.74, 6) is 2.11. The highest BCUT2D eigenvalue weighted by molar-refractivity contribution is 5.84. The van der Waals surface area contributed by atoms with E-state index in [-0.39, 0.29) is 18.6 Å². The maximum Gasteiger partial charge on any atom is 0.243 e. The van der Waals surface area contributed by atoms with Gasteiger partial charge in [-0.2, -0.15) is 0 Å². The monoisotopic (exact) mass is 336 g/mol. The summed E-state index contributed by atoms with van der Waals surface area (Å²) in [7, 11) is 5.05. The van der Waals surface area contributed by atoms with Crippen LogP contribution in [-0.4, -0.2) is 63.7 Å². The molecule has 1 unspecified atom stereocenters. The zero-order valence-electron chi connectivity index (χ0n) is 15.1. The number of hydrogen-bond acceptors (Lipinski definition) is 4. The summed E-state index contributed by atoms with van der Waals surface area (Å²) in [5.41, 5.74) is 0. The molecule has 0 aromatic heterocycles. The highest BCUT2D eigenvalue weighted by Crippen LogP contribution is 2.17. The molecule has 134 valence electrons. The lowest BCUT2D eigenvalue weighted by Gasteiger charge is -2.18. The van der Waals surface area contributed by atoms with Crippen LogP contribution in [0.1, 0.15) is 13.8 Å². The zero-order chi connectivity index (χ0) is 17.9. The van der Waals surface area contributed by atoms with Crippen LogP contribution in [0.2, 0.25) is 0 Å². The number of aliphatic imine (C=N–C) groups is 1. The summed E-state index contributed by atoms with van der Waals surface area (Å²) in [5, 5.41) is 6.28. The van der Waals surface area contributed by atoms with Crippen molar-refractivity contribution in [3.05, 3.63) is 24.3 Å². The van der Waals surface area contributed by atoms with Crippen LogP contribution in [0.15, 0.2) is 29.3 Å². The zero-order valence-corrected chi connectivity index (χ0v) is 15.1. The van der Waals surface area contributed by atoms with Gasteiger partial charge in [0.15, 0.2) is 5.96 Å². The molecule has 1 aromatic rings. The predicted molar refractivity (Wildman–Crippen MR) is 95.8 cm³/mol. The Morgan fingerprint density at radius 1 is 1.21 bits per heavy atom. The second kappa shape index (κ2) is 10.4. The Hall–Kier alpha value is -2.44. The lowest BCUT2D eigenvalue weighted by molar-refractivity contribution is -0.127. The molecule has 2 N–H and O–H groups in total. The van der Waals surface area contributed by atoms with Crippen LogP contribution >= 0.6 is 0 Å². The number of benzene rings is 1. The van der Waals surface area contributed by atoms with Crippen LogP contribution in [0.4, 0.5) is 0 Å². The molecule has 0 heterocycles. The van der Waals surface area contributed by atoms with Gasteiger partial charge < -0.3 is 25.0 Å². The quantitative estimate of drug-likeness (QED) is 0.549. The van der Waals surface area contributed by atoms with Gasteiger partial charge in [0.05, 0.1) is 13.7 Å². The predicted octanol–water partition coefficient (Wildman–Crippen LogP) is 1.11. The number of nitrogens with zero attached hydrogens (tertiary/aromatic N) is 2. The van der Waals surface area contributed by atoms with Gasteiger partial charge in [0.25, 0.3) is 0 Å². The third-order valence-electron chi connectivity index (χ3n) is 3.17.